The number of nitrogens with one attached hydrogen (secondary N) is 1. The molecule has 0 aliphatic heterocycles. The molecule has 0 radical (unpaired) electrons. The van der Waals surface area contributed by atoms with E-state index >= 15 is 0 Å². The van der Waals surface area contributed by atoms with Crippen LogP contribution in [0.2, 0.25) is 0 Å². The second kappa shape index (κ2) is 6.99. The molecule has 8 nitrogen and oxygen atoms in total. The van der Waals surface area contributed by atoms with E-state index in [0.29, 0.717) is 0 Å². The van der Waals surface area contributed by atoms with Crippen LogP contribution in [0, 0.1) is 17.8 Å². The van der Waals surface area contributed by atoms with Crippen molar-refractivity contribution in [2.75, 3.05) is 0 Å². The van der Waals surface area contributed by atoms with Crippen molar-refractivity contribution in [1.29, 1.82) is 0 Å². The van der Waals surface area contributed by atoms with Crippen molar-refractivity contribution in [3.05, 3.63) is 0 Å². The van der Waals surface area contributed by atoms with Gasteiger partial charge in [-0.25, -0.2) is 9.59 Å². The van der Waals surface area contributed by atoms with Crippen LogP contribution < -0.4 is 5.32 Å². The molecule has 8 heteroatoms. The Morgan fingerprint density at radius 3 is 1.79 bits per heavy atom. The summed E-state index contributed by atoms with van der Waals surface area (Å²) in [5.74, 6) is -3.76. The van der Waals surface area contributed by atoms with Gasteiger partial charge in [-0.2, -0.15) is 0 Å². The van der Waals surface area contributed by atoms with Crippen LogP contribution in [0.25, 0.3) is 0 Å². The summed E-state index contributed by atoms with van der Waals surface area (Å²) in [4.78, 5) is 50.9. The van der Waals surface area contributed by atoms with Crippen LogP contribution >= 0.6 is 0 Å². The fraction of sp³-hybridized carbons (Fsp3) is 0.810. The number of hydrogen-bond donors (Lipinski definition) is 1. The number of esters is 2. The van der Waals surface area contributed by atoms with Crippen molar-refractivity contribution in [2.24, 2.45) is 17.8 Å². The van der Waals surface area contributed by atoms with Crippen LogP contribution in [0.1, 0.15) is 68.7 Å². The lowest BCUT2D eigenvalue weighted by atomic mass is 9.89. The minimum absolute atomic E-state index is 0.240. The van der Waals surface area contributed by atoms with Crippen LogP contribution in [0.3, 0.4) is 0 Å². The van der Waals surface area contributed by atoms with Gasteiger partial charge in [0.25, 0.3) is 0 Å². The number of amides is 1. The van der Waals surface area contributed by atoms with Gasteiger partial charge in [0.1, 0.15) is 22.6 Å². The molecule has 2 fully saturated rings. The van der Waals surface area contributed by atoms with Gasteiger partial charge in [0.2, 0.25) is 0 Å². The lowest BCUT2D eigenvalue weighted by molar-refractivity contribution is -0.166. The average Bonchev–Trinajstić information content (AvgIpc) is 3.10. The van der Waals surface area contributed by atoms with Crippen LogP contribution in [0.5, 0.6) is 0 Å². The van der Waals surface area contributed by atoms with Crippen LogP contribution in [0.4, 0.5) is 4.79 Å². The van der Waals surface area contributed by atoms with E-state index in [9.17, 15) is 19.2 Å². The van der Waals surface area contributed by atoms with E-state index < -0.39 is 58.1 Å². The first-order valence-electron chi connectivity index (χ1n) is 9.86. The third-order valence-corrected chi connectivity index (χ3v) is 4.58. The Kier molecular flexibility index (Phi) is 5.58. The molecule has 2 aliphatic carbocycles. The molecule has 4 atom stereocenters. The number of hydrogen-bond acceptors (Lipinski definition) is 7. The molecule has 0 aromatic rings. The summed E-state index contributed by atoms with van der Waals surface area (Å²) in [6.45, 7) is 15.3. The summed E-state index contributed by atoms with van der Waals surface area (Å²) in [6, 6.07) is 0. The minimum Gasteiger partial charge on any atom is -0.460 e. The maximum Gasteiger partial charge on any atom is 0.408 e. The Bertz CT molecular complexity index is 723. The topological polar surface area (TPSA) is 108 Å². The number of carbonyl (C=O) groups is 4. The van der Waals surface area contributed by atoms with Gasteiger partial charge < -0.3 is 19.5 Å². The largest absolute Gasteiger partial charge is 0.460 e. The summed E-state index contributed by atoms with van der Waals surface area (Å²) in [6.07, 6.45) is -1.08. The third kappa shape index (κ3) is 5.28. The normalized spacial score (nSPS) is 29.0. The number of carbonyl (C=O) groups excluding carboxylic acids is 4. The molecule has 0 aromatic heterocycles. The highest BCUT2D eigenvalue weighted by atomic mass is 16.6. The Hall–Kier alpha value is -2.12. The molecule has 0 aromatic carbocycles. The van der Waals surface area contributed by atoms with Crippen molar-refractivity contribution < 1.29 is 33.4 Å². The SMILES string of the molecule is CC(C)(C)OC(=O)N[C@@]1(C(=O)OC(C)(C)C)CC(=O)[C@H]2[C@H](C(=O)OC(C)(C)C)[C@H]21. The second-order valence-corrected chi connectivity index (χ2v) is 10.9. The van der Waals surface area contributed by atoms with Gasteiger partial charge in [-0.3, -0.25) is 9.59 Å². The van der Waals surface area contributed by atoms with E-state index in [1.54, 1.807) is 62.3 Å². The first-order chi connectivity index (χ1) is 12.9. The molecule has 1 N–H and O–H groups in total. The fourth-order valence-electron chi connectivity index (χ4n) is 3.74. The van der Waals surface area contributed by atoms with Crippen molar-refractivity contribution in [1.82, 2.24) is 5.32 Å². The molecular formula is C21H33NO7. The molecule has 29 heavy (non-hydrogen) atoms. The van der Waals surface area contributed by atoms with E-state index in [4.69, 9.17) is 14.2 Å². The van der Waals surface area contributed by atoms with Crippen molar-refractivity contribution in [3.63, 3.8) is 0 Å². The highest BCUT2D eigenvalue weighted by molar-refractivity contribution is 6.04. The standard InChI is InChI=1S/C21H33NO7/c1-18(2,3)27-15(24)13-12-11(23)10-21(14(12)13,16(25)28-19(4,5)6)22-17(26)29-20(7,8)9/h12-14H,10H2,1-9H3,(H,22,26)/t12-,13-,14-,21-/m0/s1. The minimum atomic E-state index is -1.65. The van der Waals surface area contributed by atoms with Gasteiger partial charge in [0.15, 0.2) is 5.54 Å². The lowest BCUT2D eigenvalue weighted by Crippen LogP contribution is -2.59. The summed E-state index contributed by atoms with van der Waals surface area (Å²) in [5, 5.41) is 2.58. The first-order valence-corrected chi connectivity index (χ1v) is 9.86. The molecule has 0 spiro atoms. The van der Waals surface area contributed by atoms with Gasteiger partial charge in [-0.15, -0.1) is 0 Å². The molecule has 2 rings (SSSR count). The summed E-state index contributed by atoms with van der Waals surface area (Å²) < 4.78 is 16.2. The maximum atomic E-state index is 13.1. The quantitative estimate of drug-likeness (QED) is 0.562. The zero-order valence-electron chi connectivity index (χ0n) is 18.8. The molecule has 0 saturated heterocycles. The molecular weight excluding hydrogens is 378 g/mol. The predicted molar refractivity (Wildman–Crippen MR) is 104 cm³/mol. The highest BCUT2D eigenvalue weighted by Crippen LogP contribution is 2.61. The Labute approximate surface area is 172 Å². The van der Waals surface area contributed by atoms with Crippen molar-refractivity contribution >= 4 is 23.8 Å². The van der Waals surface area contributed by atoms with Gasteiger partial charge >= 0.3 is 18.0 Å². The molecule has 2 aliphatic rings. The van der Waals surface area contributed by atoms with Gasteiger partial charge in [0, 0.05) is 18.3 Å². The number of Topliss-reactive ketones (excluding diaryl/α,β-unsaturated/α-hetero) is 1. The number of fused-ring (bicyclic) bond motifs is 1. The highest BCUT2D eigenvalue weighted by Gasteiger charge is 2.77. The number of ketones is 1. The fourth-order valence-corrected chi connectivity index (χ4v) is 3.74. The predicted octanol–water partition coefficient (Wildman–Crippen LogP) is 2.77. The van der Waals surface area contributed by atoms with Crippen LogP contribution in [-0.2, 0) is 28.6 Å². The number of rotatable bonds is 3. The summed E-state index contributed by atoms with van der Waals surface area (Å²) in [7, 11) is 0. The lowest BCUT2D eigenvalue weighted by Gasteiger charge is -2.34. The van der Waals surface area contributed by atoms with E-state index in [0.717, 1.165) is 0 Å². The monoisotopic (exact) mass is 411 g/mol. The maximum absolute atomic E-state index is 13.1. The van der Waals surface area contributed by atoms with E-state index in [-0.39, 0.29) is 12.2 Å². The van der Waals surface area contributed by atoms with Crippen molar-refractivity contribution in [2.45, 2.75) is 91.1 Å². The summed E-state index contributed by atoms with van der Waals surface area (Å²) in [5.41, 5.74) is -4.02. The first kappa shape index (κ1) is 23.2. The van der Waals surface area contributed by atoms with Gasteiger partial charge in [0.05, 0.1) is 5.92 Å². The van der Waals surface area contributed by atoms with Gasteiger partial charge in [-0.1, -0.05) is 0 Å². The zero-order chi connectivity index (χ0) is 22.6. The van der Waals surface area contributed by atoms with Crippen molar-refractivity contribution in [3.8, 4) is 0 Å². The molecule has 2 saturated carbocycles. The van der Waals surface area contributed by atoms with Gasteiger partial charge in [-0.05, 0) is 62.3 Å². The number of ether oxygens (including phenoxy) is 3. The molecule has 1 amide bonds. The molecule has 164 valence electrons. The molecule has 0 bridgehead atoms. The third-order valence-electron chi connectivity index (χ3n) is 4.58. The Morgan fingerprint density at radius 2 is 1.34 bits per heavy atom. The Balaban J connectivity index is 2.35. The Morgan fingerprint density at radius 1 is 0.862 bits per heavy atom. The van der Waals surface area contributed by atoms with E-state index in [1.165, 1.54) is 0 Å². The summed E-state index contributed by atoms with van der Waals surface area (Å²) >= 11 is 0. The van der Waals surface area contributed by atoms with Crippen LogP contribution in [0.15, 0.2) is 0 Å². The van der Waals surface area contributed by atoms with Crippen LogP contribution in [-0.4, -0.2) is 46.2 Å². The average molecular weight is 411 g/mol. The second-order valence-electron chi connectivity index (χ2n) is 10.9. The molecule has 0 unspecified atom stereocenters. The smallest absolute Gasteiger partial charge is 0.408 e. The zero-order valence-corrected chi connectivity index (χ0v) is 18.8. The van der Waals surface area contributed by atoms with E-state index in [1.807, 2.05) is 0 Å². The van der Waals surface area contributed by atoms with E-state index in [2.05, 4.69) is 5.32 Å². The molecule has 0 heterocycles. The number of alkyl carbamates (subject to hydrolysis) is 1.